The Hall–Kier alpha value is -0.860. The van der Waals surface area contributed by atoms with Crippen LogP contribution in [0.4, 0.5) is 0 Å². The SMILES string of the molecule is Cc1ccc(C2CC(NC3CCCOC3)C2)cc1. The van der Waals surface area contributed by atoms with Gasteiger partial charge in [0.15, 0.2) is 0 Å². The van der Waals surface area contributed by atoms with E-state index in [2.05, 4.69) is 36.5 Å². The van der Waals surface area contributed by atoms with Gasteiger partial charge in [-0.05, 0) is 44.1 Å². The van der Waals surface area contributed by atoms with E-state index in [1.54, 1.807) is 0 Å². The minimum atomic E-state index is 0.600. The van der Waals surface area contributed by atoms with Crippen LogP contribution in [0.3, 0.4) is 0 Å². The zero-order valence-electron chi connectivity index (χ0n) is 11.2. The van der Waals surface area contributed by atoms with Gasteiger partial charge < -0.3 is 10.1 Å². The molecule has 0 spiro atoms. The van der Waals surface area contributed by atoms with Crippen molar-refractivity contribution in [2.24, 2.45) is 0 Å². The van der Waals surface area contributed by atoms with Gasteiger partial charge in [-0.3, -0.25) is 0 Å². The molecule has 1 heterocycles. The highest BCUT2D eigenvalue weighted by Crippen LogP contribution is 2.37. The average Bonchev–Trinajstić information content (AvgIpc) is 2.36. The van der Waals surface area contributed by atoms with Crippen LogP contribution in [-0.4, -0.2) is 25.3 Å². The zero-order valence-corrected chi connectivity index (χ0v) is 11.2. The van der Waals surface area contributed by atoms with Crippen molar-refractivity contribution >= 4 is 0 Å². The third-order valence-corrected chi connectivity index (χ3v) is 4.32. The number of hydrogen-bond acceptors (Lipinski definition) is 2. The molecule has 0 aromatic heterocycles. The first-order valence-corrected chi connectivity index (χ1v) is 7.21. The number of rotatable bonds is 3. The summed E-state index contributed by atoms with van der Waals surface area (Å²) in [6.45, 7) is 4.01. The second-order valence-corrected chi connectivity index (χ2v) is 5.86. The Bertz CT molecular complexity index is 375. The lowest BCUT2D eigenvalue weighted by Crippen LogP contribution is -2.48. The van der Waals surface area contributed by atoms with Gasteiger partial charge in [-0.2, -0.15) is 0 Å². The molecule has 1 aromatic rings. The van der Waals surface area contributed by atoms with E-state index in [4.69, 9.17) is 4.74 Å². The Morgan fingerprint density at radius 3 is 2.56 bits per heavy atom. The largest absolute Gasteiger partial charge is 0.380 e. The van der Waals surface area contributed by atoms with Crippen molar-refractivity contribution < 1.29 is 4.74 Å². The summed E-state index contributed by atoms with van der Waals surface area (Å²) in [5.74, 6) is 0.771. The highest BCUT2D eigenvalue weighted by Gasteiger charge is 2.31. The summed E-state index contributed by atoms with van der Waals surface area (Å²) >= 11 is 0. The van der Waals surface area contributed by atoms with Crippen molar-refractivity contribution in [2.45, 2.75) is 50.6 Å². The Balaban J connectivity index is 1.46. The molecule has 0 bridgehead atoms. The number of aryl methyl sites for hydroxylation is 1. The molecular formula is C16H23NO. The van der Waals surface area contributed by atoms with Gasteiger partial charge in [-0.15, -0.1) is 0 Å². The van der Waals surface area contributed by atoms with Crippen LogP contribution in [0.2, 0.25) is 0 Å². The summed E-state index contributed by atoms with van der Waals surface area (Å²) < 4.78 is 5.51. The van der Waals surface area contributed by atoms with Gasteiger partial charge in [0, 0.05) is 18.7 Å². The lowest BCUT2D eigenvalue weighted by atomic mass is 9.75. The summed E-state index contributed by atoms with van der Waals surface area (Å²) in [5, 5.41) is 3.74. The van der Waals surface area contributed by atoms with Crippen LogP contribution < -0.4 is 5.32 Å². The van der Waals surface area contributed by atoms with Crippen molar-refractivity contribution in [1.29, 1.82) is 0 Å². The normalized spacial score (nSPS) is 31.9. The van der Waals surface area contributed by atoms with E-state index >= 15 is 0 Å². The molecule has 0 amide bonds. The molecule has 1 unspecified atom stereocenters. The Morgan fingerprint density at radius 2 is 1.89 bits per heavy atom. The molecule has 98 valence electrons. The summed E-state index contributed by atoms with van der Waals surface area (Å²) in [7, 11) is 0. The van der Waals surface area contributed by atoms with Crippen LogP contribution in [0.25, 0.3) is 0 Å². The third-order valence-electron chi connectivity index (χ3n) is 4.32. The van der Waals surface area contributed by atoms with Gasteiger partial charge in [-0.1, -0.05) is 29.8 Å². The maximum absolute atomic E-state index is 5.51. The molecule has 1 aliphatic heterocycles. The average molecular weight is 245 g/mol. The van der Waals surface area contributed by atoms with E-state index in [1.807, 2.05) is 0 Å². The molecule has 18 heavy (non-hydrogen) atoms. The molecular weight excluding hydrogens is 222 g/mol. The minimum absolute atomic E-state index is 0.600. The van der Waals surface area contributed by atoms with Gasteiger partial charge in [0.05, 0.1) is 6.61 Å². The standard InChI is InChI=1S/C16H23NO/c1-12-4-6-13(7-5-12)14-9-16(10-14)17-15-3-2-8-18-11-15/h4-7,14-17H,2-3,8-11H2,1H3. The van der Waals surface area contributed by atoms with Gasteiger partial charge in [-0.25, -0.2) is 0 Å². The molecule has 2 aliphatic rings. The third kappa shape index (κ3) is 2.76. The summed E-state index contributed by atoms with van der Waals surface area (Å²) in [4.78, 5) is 0. The highest BCUT2D eigenvalue weighted by molar-refractivity contribution is 5.26. The van der Waals surface area contributed by atoms with E-state index in [1.165, 1.54) is 36.8 Å². The van der Waals surface area contributed by atoms with E-state index in [0.717, 1.165) is 19.1 Å². The molecule has 1 N–H and O–H groups in total. The van der Waals surface area contributed by atoms with Crippen molar-refractivity contribution in [1.82, 2.24) is 5.32 Å². The topological polar surface area (TPSA) is 21.3 Å². The van der Waals surface area contributed by atoms with Crippen molar-refractivity contribution in [3.8, 4) is 0 Å². The fraction of sp³-hybridized carbons (Fsp3) is 0.625. The van der Waals surface area contributed by atoms with Gasteiger partial charge in [0.2, 0.25) is 0 Å². The van der Waals surface area contributed by atoms with Gasteiger partial charge in [0.1, 0.15) is 0 Å². The molecule has 2 heteroatoms. The summed E-state index contributed by atoms with van der Waals surface area (Å²) in [6, 6.07) is 10.3. The van der Waals surface area contributed by atoms with E-state index in [9.17, 15) is 0 Å². The Labute approximate surface area is 110 Å². The molecule has 1 atom stereocenters. The van der Waals surface area contributed by atoms with E-state index in [0.29, 0.717) is 12.1 Å². The van der Waals surface area contributed by atoms with Crippen LogP contribution >= 0.6 is 0 Å². The predicted molar refractivity (Wildman–Crippen MR) is 73.9 cm³/mol. The quantitative estimate of drug-likeness (QED) is 0.884. The monoisotopic (exact) mass is 245 g/mol. The van der Waals surface area contributed by atoms with Crippen LogP contribution in [0.15, 0.2) is 24.3 Å². The van der Waals surface area contributed by atoms with Crippen LogP contribution in [-0.2, 0) is 4.74 Å². The van der Waals surface area contributed by atoms with Crippen molar-refractivity contribution in [3.63, 3.8) is 0 Å². The first-order chi connectivity index (χ1) is 8.81. The molecule has 1 aromatic carbocycles. The van der Waals surface area contributed by atoms with Crippen LogP contribution in [0.5, 0.6) is 0 Å². The lowest BCUT2D eigenvalue weighted by Gasteiger charge is -2.39. The van der Waals surface area contributed by atoms with E-state index < -0.39 is 0 Å². The predicted octanol–water partition coefficient (Wildman–Crippen LogP) is 3.01. The molecule has 1 saturated heterocycles. The minimum Gasteiger partial charge on any atom is -0.380 e. The molecule has 1 aliphatic carbocycles. The molecule has 2 nitrogen and oxygen atoms in total. The van der Waals surface area contributed by atoms with Crippen molar-refractivity contribution in [2.75, 3.05) is 13.2 Å². The maximum Gasteiger partial charge on any atom is 0.0619 e. The second kappa shape index (κ2) is 5.41. The number of hydrogen-bond donors (Lipinski definition) is 1. The van der Waals surface area contributed by atoms with Gasteiger partial charge >= 0.3 is 0 Å². The van der Waals surface area contributed by atoms with Gasteiger partial charge in [0.25, 0.3) is 0 Å². The Kier molecular flexibility index (Phi) is 3.67. The van der Waals surface area contributed by atoms with E-state index in [-0.39, 0.29) is 0 Å². The fourth-order valence-electron chi connectivity index (χ4n) is 3.07. The first kappa shape index (κ1) is 12.2. The summed E-state index contributed by atoms with van der Waals surface area (Å²) in [6.07, 6.45) is 5.08. The fourth-order valence-corrected chi connectivity index (χ4v) is 3.07. The van der Waals surface area contributed by atoms with Crippen molar-refractivity contribution in [3.05, 3.63) is 35.4 Å². The highest BCUT2D eigenvalue weighted by atomic mass is 16.5. The smallest absolute Gasteiger partial charge is 0.0619 e. The van der Waals surface area contributed by atoms with Crippen LogP contribution in [0.1, 0.15) is 42.7 Å². The maximum atomic E-state index is 5.51. The second-order valence-electron chi connectivity index (χ2n) is 5.86. The number of benzene rings is 1. The molecule has 2 fully saturated rings. The van der Waals surface area contributed by atoms with Crippen LogP contribution in [0, 0.1) is 6.92 Å². The molecule has 0 radical (unpaired) electrons. The summed E-state index contributed by atoms with van der Waals surface area (Å²) in [5.41, 5.74) is 2.87. The molecule has 1 saturated carbocycles. The zero-order chi connectivity index (χ0) is 12.4. The number of nitrogens with one attached hydrogen (secondary N) is 1. The Morgan fingerprint density at radius 1 is 1.11 bits per heavy atom. The number of ether oxygens (including phenoxy) is 1. The lowest BCUT2D eigenvalue weighted by molar-refractivity contribution is 0.0600. The molecule has 3 rings (SSSR count). The first-order valence-electron chi connectivity index (χ1n) is 7.21.